The van der Waals surface area contributed by atoms with Crippen LogP contribution < -0.4 is 4.74 Å². The summed E-state index contributed by atoms with van der Waals surface area (Å²) in [7, 11) is 1.69. The molecule has 2 rings (SSSR count). The molecular weight excluding hydrogens is 279 g/mol. The lowest BCUT2D eigenvalue weighted by molar-refractivity contribution is 0.408. The molecule has 0 heterocycles. The van der Waals surface area contributed by atoms with Crippen LogP contribution in [0.15, 0.2) is 48.5 Å². The van der Waals surface area contributed by atoms with Crippen LogP contribution in [0.25, 0.3) is 0 Å². The average Bonchev–Trinajstić information content (AvgIpc) is 2.46. The fraction of sp³-hybridized carbons (Fsp3) is 0.250. The van der Waals surface area contributed by atoms with Crippen molar-refractivity contribution < 1.29 is 4.74 Å². The van der Waals surface area contributed by atoms with E-state index in [-0.39, 0.29) is 5.92 Å². The first kappa shape index (κ1) is 14.2. The second kappa shape index (κ2) is 6.83. The molecule has 0 aliphatic rings. The van der Waals surface area contributed by atoms with Gasteiger partial charge in [0.2, 0.25) is 0 Å². The van der Waals surface area contributed by atoms with Gasteiger partial charge in [0.25, 0.3) is 0 Å². The quantitative estimate of drug-likeness (QED) is 0.712. The predicted molar refractivity (Wildman–Crippen MR) is 81.6 cm³/mol. The van der Waals surface area contributed by atoms with Crippen molar-refractivity contribution in [3.8, 4) is 5.75 Å². The molecule has 2 aromatic rings. The maximum atomic E-state index is 6.11. The van der Waals surface area contributed by atoms with Gasteiger partial charge in [-0.1, -0.05) is 41.9 Å². The number of hydrogen-bond acceptors (Lipinski definition) is 1. The summed E-state index contributed by atoms with van der Waals surface area (Å²) in [6, 6.07) is 15.9. The molecule has 0 amide bonds. The minimum absolute atomic E-state index is 0.259. The molecule has 0 aromatic heterocycles. The van der Waals surface area contributed by atoms with Gasteiger partial charge in [-0.3, -0.25) is 0 Å². The molecule has 0 aliphatic carbocycles. The zero-order valence-electron chi connectivity index (χ0n) is 10.8. The molecule has 2 aromatic carbocycles. The molecular formula is C16H16Cl2O. The number of alkyl halides is 1. The van der Waals surface area contributed by atoms with Gasteiger partial charge in [-0.15, -0.1) is 11.6 Å². The zero-order chi connectivity index (χ0) is 13.7. The molecule has 3 heteroatoms. The first-order valence-corrected chi connectivity index (χ1v) is 7.09. The molecule has 0 aliphatic heterocycles. The van der Waals surface area contributed by atoms with Gasteiger partial charge in [0.05, 0.1) is 7.11 Å². The van der Waals surface area contributed by atoms with Gasteiger partial charge in [0.15, 0.2) is 0 Å². The summed E-state index contributed by atoms with van der Waals surface area (Å²) in [5.74, 6) is 1.74. The summed E-state index contributed by atoms with van der Waals surface area (Å²) >= 11 is 12.0. The minimum atomic E-state index is 0.259. The lowest BCUT2D eigenvalue weighted by atomic mass is 9.93. The molecule has 0 saturated heterocycles. The van der Waals surface area contributed by atoms with Crippen LogP contribution in [0.4, 0.5) is 0 Å². The molecule has 0 saturated carbocycles. The van der Waals surface area contributed by atoms with Crippen molar-refractivity contribution in [1.29, 1.82) is 0 Å². The van der Waals surface area contributed by atoms with Gasteiger partial charge in [0.1, 0.15) is 5.75 Å². The normalized spacial score (nSPS) is 12.2. The lowest BCUT2D eigenvalue weighted by Gasteiger charge is -2.16. The fourth-order valence-electron chi connectivity index (χ4n) is 2.13. The van der Waals surface area contributed by atoms with Crippen molar-refractivity contribution >= 4 is 23.2 Å². The summed E-state index contributed by atoms with van der Waals surface area (Å²) < 4.78 is 5.38. The second-order valence-corrected chi connectivity index (χ2v) is 5.16. The van der Waals surface area contributed by atoms with Crippen molar-refractivity contribution in [1.82, 2.24) is 0 Å². The number of benzene rings is 2. The van der Waals surface area contributed by atoms with E-state index in [0.29, 0.717) is 5.88 Å². The molecule has 1 nitrogen and oxygen atoms in total. The maximum absolute atomic E-state index is 6.11. The van der Waals surface area contributed by atoms with Crippen LogP contribution in [0.5, 0.6) is 5.75 Å². The Balaban J connectivity index is 2.21. The summed E-state index contributed by atoms with van der Waals surface area (Å²) in [6.45, 7) is 0. The molecule has 1 atom stereocenters. The Morgan fingerprint density at radius 2 is 1.74 bits per heavy atom. The highest BCUT2D eigenvalue weighted by molar-refractivity contribution is 6.30. The van der Waals surface area contributed by atoms with Gasteiger partial charge in [-0.2, -0.15) is 0 Å². The third kappa shape index (κ3) is 3.65. The molecule has 100 valence electrons. The van der Waals surface area contributed by atoms with Crippen molar-refractivity contribution in [2.75, 3.05) is 13.0 Å². The molecule has 0 bridgehead atoms. The van der Waals surface area contributed by atoms with Crippen molar-refractivity contribution in [2.45, 2.75) is 12.3 Å². The molecule has 0 radical (unpaired) electrons. The third-order valence-corrected chi connectivity index (χ3v) is 3.81. The van der Waals surface area contributed by atoms with E-state index in [4.69, 9.17) is 27.9 Å². The summed E-state index contributed by atoms with van der Waals surface area (Å²) in [4.78, 5) is 0. The van der Waals surface area contributed by atoms with E-state index in [9.17, 15) is 0 Å². The second-order valence-electron chi connectivity index (χ2n) is 4.42. The smallest absolute Gasteiger partial charge is 0.122 e. The standard InChI is InChI=1S/C16H16Cl2O/c1-19-16-5-3-2-4-13(16)10-14(11-17)12-6-8-15(18)9-7-12/h2-9,14H,10-11H2,1H3. The highest BCUT2D eigenvalue weighted by Crippen LogP contribution is 2.28. The van der Waals surface area contributed by atoms with Crippen LogP contribution in [-0.2, 0) is 6.42 Å². The number of para-hydroxylation sites is 1. The fourth-order valence-corrected chi connectivity index (χ4v) is 2.55. The van der Waals surface area contributed by atoms with E-state index in [2.05, 4.69) is 6.07 Å². The van der Waals surface area contributed by atoms with Crippen molar-refractivity contribution in [3.63, 3.8) is 0 Å². The Morgan fingerprint density at radius 1 is 1.05 bits per heavy atom. The zero-order valence-corrected chi connectivity index (χ0v) is 12.3. The number of rotatable bonds is 5. The Bertz CT molecular complexity index is 523. The Labute approximate surface area is 124 Å². The van der Waals surface area contributed by atoms with E-state index < -0.39 is 0 Å². The van der Waals surface area contributed by atoms with Crippen LogP contribution in [0.3, 0.4) is 0 Å². The molecule has 1 unspecified atom stereocenters. The summed E-state index contributed by atoms with van der Waals surface area (Å²) in [6.07, 6.45) is 0.856. The third-order valence-electron chi connectivity index (χ3n) is 3.19. The number of hydrogen-bond donors (Lipinski definition) is 0. The first-order valence-electron chi connectivity index (χ1n) is 6.18. The van der Waals surface area contributed by atoms with Gasteiger partial charge in [0, 0.05) is 16.8 Å². The Hall–Kier alpha value is -1.18. The van der Waals surface area contributed by atoms with E-state index in [0.717, 1.165) is 17.2 Å². The molecule has 0 spiro atoms. The lowest BCUT2D eigenvalue weighted by Crippen LogP contribution is -2.05. The van der Waals surface area contributed by atoms with Gasteiger partial charge in [-0.05, 0) is 35.7 Å². The Morgan fingerprint density at radius 3 is 2.37 bits per heavy atom. The topological polar surface area (TPSA) is 9.23 Å². The largest absolute Gasteiger partial charge is 0.496 e. The highest BCUT2D eigenvalue weighted by atomic mass is 35.5. The van der Waals surface area contributed by atoms with Crippen LogP contribution in [0.1, 0.15) is 17.0 Å². The first-order chi connectivity index (χ1) is 9.24. The summed E-state index contributed by atoms with van der Waals surface area (Å²) in [5.41, 5.74) is 2.37. The highest BCUT2D eigenvalue weighted by Gasteiger charge is 2.13. The van der Waals surface area contributed by atoms with E-state index in [1.165, 1.54) is 11.1 Å². The number of methoxy groups -OCH3 is 1. The van der Waals surface area contributed by atoms with E-state index in [1.54, 1.807) is 7.11 Å². The van der Waals surface area contributed by atoms with Gasteiger partial charge in [-0.25, -0.2) is 0 Å². The Kier molecular flexibility index (Phi) is 5.12. The van der Waals surface area contributed by atoms with E-state index >= 15 is 0 Å². The van der Waals surface area contributed by atoms with Crippen LogP contribution >= 0.6 is 23.2 Å². The maximum Gasteiger partial charge on any atom is 0.122 e. The van der Waals surface area contributed by atoms with Crippen LogP contribution in [0, 0.1) is 0 Å². The molecule has 0 fully saturated rings. The SMILES string of the molecule is COc1ccccc1CC(CCl)c1ccc(Cl)cc1. The number of ether oxygens (including phenoxy) is 1. The average molecular weight is 295 g/mol. The van der Waals surface area contributed by atoms with Crippen LogP contribution in [-0.4, -0.2) is 13.0 Å². The summed E-state index contributed by atoms with van der Waals surface area (Å²) in [5, 5.41) is 0.745. The van der Waals surface area contributed by atoms with Gasteiger partial charge < -0.3 is 4.74 Å². The minimum Gasteiger partial charge on any atom is -0.496 e. The van der Waals surface area contributed by atoms with E-state index in [1.807, 2.05) is 42.5 Å². The molecule has 0 N–H and O–H groups in total. The van der Waals surface area contributed by atoms with Crippen molar-refractivity contribution in [2.24, 2.45) is 0 Å². The predicted octanol–water partition coefficient (Wildman–Crippen LogP) is 4.91. The molecule has 19 heavy (non-hydrogen) atoms. The van der Waals surface area contributed by atoms with Gasteiger partial charge >= 0.3 is 0 Å². The number of halogens is 2. The monoisotopic (exact) mass is 294 g/mol. The van der Waals surface area contributed by atoms with Crippen LogP contribution in [0.2, 0.25) is 5.02 Å². The van der Waals surface area contributed by atoms with Crippen molar-refractivity contribution in [3.05, 3.63) is 64.7 Å².